The van der Waals surface area contributed by atoms with E-state index in [4.69, 9.17) is 0 Å². The van der Waals surface area contributed by atoms with Crippen LogP contribution in [0, 0.1) is 20.2 Å². The van der Waals surface area contributed by atoms with Gasteiger partial charge in [0.05, 0.1) is 4.92 Å². The molecule has 6 heteroatoms. The Labute approximate surface area is 115 Å². The van der Waals surface area contributed by atoms with Crippen LogP contribution in [0.1, 0.15) is 17.2 Å². The molecular formula is C14H12N2O4. The van der Waals surface area contributed by atoms with Crippen molar-refractivity contribution in [2.45, 2.75) is 12.5 Å². The number of nitro groups is 2. The standard InChI is InChI=1S/C14H12N2O4/c17-15(18)13-8-6-11(7-9-13)10-14(16(19)20)12-4-2-1-3-5-12/h1-9,14H,10H2. The quantitative estimate of drug-likeness (QED) is 0.618. The molecule has 6 nitrogen and oxygen atoms in total. The number of nitrogens with zero attached hydrogens (tertiary/aromatic N) is 2. The van der Waals surface area contributed by atoms with Gasteiger partial charge in [-0.3, -0.25) is 20.2 Å². The van der Waals surface area contributed by atoms with Crippen molar-refractivity contribution in [3.8, 4) is 0 Å². The highest BCUT2D eigenvalue weighted by atomic mass is 16.6. The van der Waals surface area contributed by atoms with E-state index in [0.29, 0.717) is 11.1 Å². The topological polar surface area (TPSA) is 86.3 Å². The highest BCUT2D eigenvalue weighted by molar-refractivity contribution is 5.33. The highest BCUT2D eigenvalue weighted by Crippen LogP contribution is 2.22. The van der Waals surface area contributed by atoms with E-state index in [0.717, 1.165) is 0 Å². The summed E-state index contributed by atoms with van der Waals surface area (Å²) in [4.78, 5) is 20.9. The van der Waals surface area contributed by atoms with Gasteiger partial charge in [0.2, 0.25) is 6.04 Å². The summed E-state index contributed by atoms with van der Waals surface area (Å²) >= 11 is 0. The summed E-state index contributed by atoms with van der Waals surface area (Å²) in [6, 6.07) is 13.7. The fourth-order valence-corrected chi connectivity index (χ4v) is 1.97. The molecule has 2 aromatic carbocycles. The van der Waals surface area contributed by atoms with Gasteiger partial charge in [-0.05, 0) is 5.56 Å². The number of rotatable bonds is 5. The van der Waals surface area contributed by atoms with Crippen molar-refractivity contribution in [1.82, 2.24) is 0 Å². The van der Waals surface area contributed by atoms with Crippen molar-refractivity contribution < 1.29 is 9.85 Å². The molecule has 20 heavy (non-hydrogen) atoms. The molecule has 0 fully saturated rings. The Morgan fingerprint density at radius 3 is 2.00 bits per heavy atom. The Morgan fingerprint density at radius 1 is 0.900 bits per heavy atom. The van der Waals surface area contributed by atoms with Crippen LogP contribution in [0.15, 0.2) is 54.6 Å². The molecule has 1 unspecified atom stereocenters. The summed E-state index contributed by atoms with van der Waals surface area (Å²) in [5.41, 5.74) is 1.29. The summed E-state index contributed by atoms with van der Waals surface area (Å²) in [7, 11) is 0. The van der Waals surface area contributed by atoms with Crippen LogP contribution in [-0.4, -0.2) is 9.85 Å². The second-order valence-electron chi connectivity index (χ2n) is 4.34. The molecule has 2 aromatic rings. The SMILES string of the molecule is O=[N+]([O-])c1ccc(CC(c2ccccc2)[N+](=O)[O-])cc1. The molecule has 0 N–H and O–H groups in total. The van der Waals surface area contributed by atoms with Crippen molar-refractivity contribution in [3.05, 3.63) is 86.0 Å². The Bertz CT molecular complexity index is 611. The maximum atomic E-state index is 11.2. The molecule has 0 spiro atoms. The van der Waals surface area contributed by atoms with E-state index in [1.54, 1.807) is 42.5 Å². The van der Waals surface area contributed by atoms with Crippen LogP contribution in [0.25, 0.3) is 0 Å². The van der Waals surface area contributed by atoms with E-state index < -0.39 is 11.0 Å². The third-order valence-electron chi connectivity index (χ3n) is 3.02. The Kier molecular flexibility index (Phi) is 4.05. The van der Waals surface area contributed by atoms with E-state index >= 15 is 0 Å². The average Bonchev–Trinajstić information content (AvgIpc) is 2.46. The van der Waals surface area contributed by atoms with Gasteiger partial charge in [-0.15, -0.1) is 0 Å². The average molecular weight is 272 g/mol. The third-order valence-corrected chi connectivity index (χ3v) is 3.02. The first kappa shape index (κ1) is 13.7. The first-order chi connectivity index (χ1) is 9.58. The van der Waals surface area contributed by atoms with Gasteiger partial charge in [-0.25, -0.2) is 0 Å². The molecule has 0 aromatic heterocycles. The molecule has 0 aliphatic heterocycles. The monoisotopic (exact) mass is 272 g/mol. The van der Waals surface area contributed by atoms with Crippen molar-refractivity contribution in [1.29, 1.82) is 0 Å². The molecule has 0 radical (unpaired) electrons. The smallest absolute Gasteiger partial charge is 0.264 e. The molecule has 0 amide bonds. The zero-order valence-electron chi connectivity index (χ0n) is 10.5. The largest absolute Gasteiger partial charge is 0.269 e. The number of hydrogen-bond donors (Lipinski definition) is 0. The van der Waals surface area contributed by atoms with Gasteiger partial charge in [0.15, 0.2) is 0 Å². The van der Waals surface area contributed by atoms with Crippen LogP contribution < -0.4 is 0 Å². The Morgan fingerprint density at radius 2 is 1.50 bits per heavy atom. The van der Waals surface area contributed by atoms with Crippen LogP contribution in [-0.2, 0) is 6.42 Å². The lowest BCUT2D eigenvalue weighted by Crippen LogP contribution is -2.13. The minimum absolute atomic E-state index is 0.0221. The van der Waals surface area contributed by atoms with E-state index in [1.165, 1.54) is 12.1 Å². The maximum absolute atomic E-state index is 11.2. The van der Waals surface area contributed by atoms with E-state index in [2.05, 4.69) is 0 Å². The molecule has 102 valence electrons. The highest BCUT2D eigenvalue weighted by Gasteiger charge is 2.23. The van der Waals surface area contributed by atoms with E-state index in [-0.39, 0.29) is 17.0 Å². The number of hydrogen-bond acceptors (Lipinski definition) is 4. The molecule has 0 aliphatic carbocycles. The summed E-state index contributed by atoms with van der Waals surface area (Å²) in [5, 5.41) is 21.7. The fraction of sp³-hybridized carbons (Fsp3) is 0.143. The second kappa shape index (κ2) is 5.92. The molecule has 2 rings (SSSR count). The van der Waals surface area contributed by atoms with Crippen molar-refractivity contribution in [2.24, 2.45) is 0 Å². The zero-order chi connectivity index (χ0) is 14.5. The minimum Gasteiger partial charge on any atom is -0.264 e. The lowest BCUT2D eigenvalue weighted by Gasteiger charge is -2.09. The number of nitro benzene ring substituents is 1. The van der Waals surface area contributed by atoms with Gasteiger partial charge in [0, 0.05) is 29.0 Å². The Hall–Kier alpha value is -2.76. The van der Waals surface area contributed by atoms with E-state index in [9.17, 15) is 20.2 Å². The summed E-state index contributed by atoms with van der Waals surface area (Å²) in [6.45, 7) is 0. The normalized spacial score (nSPS) is 11.8. The fourth-order valence-electron chi connectivity index (χ4n) is 1.97. The Balaban J connectivity index is 2.21. The summed E-state index contributed by atoms with van der Waals surface area (Å²) in [6.07, 6.45) is 0.203. The first-order valence-electron chi connectivity index (χ1n) is 5.99. The molecule has 0 saturated carbocycles. The van der Waals surface area contributed by atoms with Crippen LogP contribution in [0.4, 0.5) is 5.69 Å². The van der Waals surface area contributed by atoms with E-state index in [1.807, 2.05) is 0 Å². The lowest BCUT2D eigenvalue weighted by atomic mass is 9.99. The molecule has 0 aliphatic rings. The van der Waals surface area contributed by atoms with Crippen LogP contribution in [0.3, 0.4) is 0 Å². The third kappa shape index (κ3) is 3.17. The molecular weight excluding hydrogens is 260 g/mol. The van der Waals surface area contributed by atoms with Gasteiger partial charge >= 0.3 is 0 Å². The van der Waals surface area contributed by atoms with Gasteiger partial charge in [-0.1, -0.05) is 42.5 Å². The van der Waals surface area contributed by atoms with Crippen molar-refractivity contribution in [2.75, 3.05) is 0 Å². The van der Waals surface area contributed by atoms with Crippen molar-refractivity contribution >= 4 is 5.69 Å². The summed E-state index contributed by atoms with van der Waals surface area (Å²) in [5.74, 6) is 0. The predicted octanol–water partition coefficient (Wildman–Crippen LogP) is 3.16. The number of benzene rings is 2. The van der Waals surface area contributed by atoms with Crippen molar-refractivity contribution in [3.63, 3.8) is 0 Å². The first-order valence-corrected chi connectivity index (χ1v) is 5.99. The predicted molar refractivity (Wildman–Crippen MR) is 73.0 cm³/mol. The lowest BCUT2D eigenvalue weighted by molar-refractivity contribution is -0.528. The van der Waals surface area contributed by atoms with Crippen LogP contribution in [0.5, 0.6) is 0 Å². The molecule has 0 heterocycles. The van der Waals surface area contributed by atoms with Gasteiger partial charge in [0.1, 0.15) is 0 Å². The van der Waals surface area contributed by atoms with Crippen LogP contribution in [0.2, 0.25) is 0 Å². The van der Waals surface area contributed by atoms with Gasteiger partial charge in [-0.2, -0.15) is 0 Å². The second-order valence-corrected chi connectivity index (χ2v) is 4.34. The van der Waals surface area contributed by atoms with Crippen LogP contribution >= 0.6 is 0 Å². The zero-order valence-corrected chi connectivity index (χ0v) is 10.5. The molecule has 1 atom stereocenters. The van der Waals surface area contributed by atoms with Gasteiger partial charge < -0.3 is 0 Å². The van der Waals surface area contributed by atoms with Gasteiger partial charge in [0.25, 0.3) is 5.69 Å². The molecule has 0 bridgehead atoms. The minimum atomic E-state index is -0.849. The number of non-ortho nitro benzene ring substituents is 1. The summed E-state index contributed by atoms with van der Waals surface area (Å²) < 4.78 is 0. The maximum Gasteiger partial charge on any atom is 0.269 e. The molecule has 0 saturated heterocycles.